The second-order valence-electron chi connectivity index (χ2n) is 14.5. The molecule has 0 amide bonds. The Kier molecular flexibility index (Phi) is 8.70. The maximum atomic E-state index is 5.53. The molecular formula is C54H38N2. The molecule has 0 atom stereocenters. The first-order valence-corrected chi connectivity index (χ1v) is 19.4. The van der Waals surface area contributed by atoms with Crippen molar-refractivity contribution in [3.63, 3.8) is 0 Å². The molecule has 0 fully saturated rings. The molecule has 264 valence electrons. The van der Waals surface area contributed by atoms with Crippen LogP contribution in [0.15, 0.2) is 212 Å². The summed E-state index contributed by atoms with van der Waals surface area (Å²) >= 11 is 0. The quantitative estimate of drug-likeness (QED) is 0.157. The molecular weight excluding hydrogens is 677 g/mol. The molecule has 0 spiro atoms. The summed E-state index contributed by atoms with van der Waals surface area (Å²) in [6, 6.07) is 65.7. The lowest BCUT2D eigenvalue weighted by atomic mass is 9.90. The highest BCUT2D eigenvalue weighted by Gasteiger charge is 2.16. The van der Waals surface area contributed by atoms with Gasteiger partial charge in [0.25, 0.3) is 0 Å². The van der Waals surface area contributed by atoms with Crippen molar-refractivity contribution < 1.29 is 0 Å². The van der Waals surface area contributed by atoms with Gasteiger partial charge in [-0.25, -0.2) is 0 Å². The number of allylic oxidation sites excluding steroid dienone is 3. The Morgan fingerprint density at radius 2 is 0.982 bits per heavy atom. The number of nitrogens with zero attached hydrogens (tertiary/aromatic N) is 2. The molecule has 0 N–H and O–H groups in total. The zero-order chi connectivity index (χ0) is 37.3. The SMILES string of the molecule is C1=C(c2ccc(-c3ccc(-c4cccnc4)cc3)cc2)\N=C(\c2ccc(-c3cccc4ccccc34)cc2)CC\C=C/1c1cc2ccccc2c2ccccc12. The molecule has 1 aliphatic rings. The molecule has 0 bridgehead atoms. The van der Waals surface area contributed by atoms with Crippen LogP contribution >= 0.6 is 0 Å². The van der Waals surface area contributed by atoms with Crippen LogP contribution in [0.3, 0.4) is 0 Å². The molecule has 8 aromatic carbocycles. The lowest BCUT2D eigenvalue weighted by molar-refractivity contribution is 1.09. The summed E-state index contributed by atoms with van der Waals surface area (Å²) in [6.07, 6.45) is 10.2. The number of aliphatic imine (C=N–C) groups is 1. The third kappa shape index (κ3) is 6.42. The molecule has 2 heteroatoms. The van der Waals surface area contributed by atoms with Gasteiger partial charge in [-0.15, -0.1) is 0 Å². The lowest BCUT2D eigenvalue weighted by Crippen LogP contribution is -2.04. The van der Waals surface area contributed by atoms with Gasteiger partial charge in [0.05, 0.1) is 5.70 Å². The number of hydrogen-bond donors (Lipinski definition) is 0. The Hall–Kier alpha value is -7.16. The third-order valence-electron chi connectivity index (χ3n) is 11.1. The van der Waals surface area contributed by atoms with Gasteiger partial charge in [0, 0.05) is 23.7 Å². The minimum atomic E-state index is 0.835. The van der Waals surface area contributed by atoms with Gasteiger partial charge in [-0.05, 0) is 113 Å². The molecule has 0 radical (unpaired) electrons. The zero-order valence-electron chi connectivity index (χ0n) is 30.9. The van der Waals surface area contributed by atoms with E-state index < -0.39 is 0 Å². The number of benzene rings is 8. The summed E-state index contributed by atoms with van der Waals surface area (Å²) < 4.78 is 0. The molecule has 0 aliphatic carbocycles. The van der Waals surface area contributed by atoms with E-state index in [9.17, 15) is 0 Å². The first-order chi connectivity index (χ1) is 27.7. The molecule has 56 heavy (non-hydrogen) atoms. The average molecular weight is 715 g/mol. The van der Waals surface area contributed by atoms with Crippen LogP contribution < -0.4 is 0 Å². The monoisotopic (exact) mass is 714 g/mol. The van der Waals surface area contributed by atoms with Crippen molar-refractivity contribution in [2.24, 2.45) is 4.99 Å². The van der Waals surface area contributed by atoms with E-state index in [1.165, 1.54) is 65.7 Å². The van der Waals surface area contributed by atoms with Gasteiger partial charge in [0.1, 0.15) is 0 Å². The molecule has 0 saturated carbocycles. The Balaban J connectivity index is 1.05. The molecule has 9 aromatic rings. The van der Waals surface area contributed by atoms with Gasteiger partial charge in [-0.3, -0.25) is 9.98 Å². The van der Waals surface area contributed by atoms with E-state index in [-0.39, 0.29) is 0 Å². The lowest BCUT2D eigenvalue weighted by Gasteiger charge is -2.17. The summed E-state index contributed by atoms with van der Waals surface area (Å²) in [7, 11) is 0. The Morgan fingerprint density at radius 1 is 0.393 bits per heavy atom. The van der Waals surface area contributed by atoms with E-state index >= 15 is 0 Å². The third-order valence-corrected chi connectivity index (χ3v) is 11.1. The molecule has 10 rings (SSSR count). The minimum absolute atomic E-state index is 0.835. The molecule has 1 aromatic heterocycles. The highest BCUT2D eigenvalue weighted by molar-refractivity contribution is 6.13. The molecule has 0 unspecified atom stereocenters. The topological polar surface area (TPSA) is 25.2 Å². The van der Waals surface area contributed by atoms with Crippen LogP contribution in [0, 0.1) is 0 Å². The maximum absolute atomic E-state index is 5.53. The van der Waals surface area contributed by atoms with Gasteiger partial charge >= 0.3 is 0 Å². The normalized spacial score (nSPS) is 16.0. The van der Waals surface area contributed by atoms with Crippen molar-refractivity contribution in [1.29, 1.82) is 0 Å². The van der Waals surface area contributed by atoms with E-state index in [1.54, 1.807) is 0 Å². The Labute approximate surface area is 327 Å². The van der Waals surface area contributed by atoms with Gasteiger partial charge in [-0.1, -0.05) is 176 Å². The second kappa shape index (κ2) is 14.6. The van der Waals surface area contributed by atoms with Crippen LogP contribution in [-0.4, -0.2) is 10.7 Å². The summed E-state index contributed by atoms with van der Waals surface area (Å²) in [4.78, 5) is 9.82. The molecule has 1 aliphatic heterocycles. The number of rotatable bonds is 6. The van der Waals surface area contributed by atoms with Crippen LogP contribution in [0.5, 0.6) is 0 Å². The predicted octanol–water partition coefficient (Wildman–Crippen LogP) is 14.2. The standard InChI is InChI=1S/C54H38N2/c1-3-15-47-40(10-1)12-7-19-48(47)41-27-31-42(32-28-41)53-20-8-13-45(52-34-44-11-2-4-16-49(44)50-17-5-6-18-51(50)52)35-54(56-53)43-29-25-38(26-30-43)37-21-23-39(24-22-37)46-14-9-33-55-36-46/h1-7,9-19,21-36H,8,20H2/b45-13+,54-35-,56-53+. The van der Waals surface area contributed by atoms with Crippen LogP contribution in [-0.2, 0) is 0 Å². The maximum Gasteiger partial charge on any atom is 0.0711 e. The Morgan fingerprint density at radius 3 is 1.71 bits per heavy atom. The first-order valence-electron chi connectivity index (χ1n) is 19.4. The van der Waals surface area contributed by atoms with E-state index in [1.807, 2.05) is 18.5 Å². The number of fused-ring (bicyclic) bond motifs is 4. The highest BCUT2D eigenvalue weighted by atomic mass is 14.8. The number of aromatic nitrogens is 1. The number of pyridine rings is 1. The van der Waals surface area contributed by atoms with Crippen molar-refractivity contribution in [1.82, 2.24) is 4.98 Å². The highest BCUT2D eigenvalue weighted by Crippen LogP contribution is 2.37. The average Bonchev–Trinajstić information content (AvgIpc) is 3.27. The predicted molar refractivity (Wildman–Crippen MR) is 238 cm³/mol. The molecule has 0 saturated heterocycles. The molecule has 2 heterocycles. The summed E-state index contributed by atoms with van der Waals surface area (Å²) in [5.41, 5.74) is 13.8. The van der Waals surface area contributed by atoms with Gasteiger partial charge in [0.2, 0.25) is 0 Å². The largest absolute Gasteiger partial charge is 0.264 e. The summed E-state index contributed by atoms with van der Waals surface area (Å²) in [5.74, 6) is 0. The van der Waals surface area contributed by atoms with Crippen LogP contribution in [0.4, 0.5) is 0 Å². The van der Waals surface area contributed by atoms with Crippen LogP contribution in [0.2, 0.25) is 0 Å². The summed E-state index contributed by atoms with van der Waals surface area (Å²) in [6.45, 7) is 0. The van der Waals surface area contributed by atoms with E-state index in [2.05, 4.69) is 193 Å². The van der Waals surface area contributed by atoms with Crippen molar-refractivity contribution in [3.05, 3.63) is 223 Å². The smallest absolute Gasteiger partial charge is 0.0711 e. The molecule has 2 nitrogen and oxygen atoms in total. The van der Waals surface area contributed by atoms with Crippen molar-refractivity contribution in [2.45, 2.75) is 12.8 Å². The fraction of sp³-hybridized carbons (Fsp3) is 0.0370. The van der Waals surface area contributed by atoms with Crippen molar-refractivity contribution in [3.8, 4) is 33.4 Å². The van der Waals surface area contributed by atoms with E-state index in [4.69, 9.17) is 4.99 Å². The fourth-order valence-corrected chi connectivity index (χ4v) is 8.18. The Bertz CT molecular complexity index is 2960. The first kappa shape index (κ1) is 33.4. The van der Waals surface area contributed by atoms with Crippen LogP contribution in [0.1, 0.15) is 29.5 Å². The fourth-order valence-electron chi connectivity index (χ4n) is 8.18. The van der Waals surface area contributed by atoms with Crippen molar-refractivity contribution in [2.75, 3.05) is 0 Å². The van der Waals surface area contributed by atoms with Crippen molar-refractivity contribution >= 4 is 49.3 Å². The zero-order valence-corrected chi connectivity index (χ0v) is 30.9. The van der Waals surface area contributed by atoms with Gasteiger partial charge in [0.15, 0.2) is 0 Å². The minimum Gasteiger partial charge on any atom is -0.264 e. The van der Waals surface area contributed by atoms with Gasteiger partial charge in [-0.2, -0.15) is 0 Å². The van der Waals surface area contributed by atoms with E-state index in [0.717, 1.165) is 46.5 Å². The summed E-state index contributed by atoms with van der Waals surface area (Å²) in [5, 5.41) is 7.57. The number of hydrogen-bond acceptors (Lipinski definition) is 2. The second-order valence-corrected chi connectivity index (χ2v) is 14.5. The van der Waals surface area contributed by atoms with E-state index in [0.29, 0.717) is 0 Å². The van der Waals surface area contributed by atoms with Crippen LogP contribution in [0.25, 0.3) is 77.0 Å². The van der Waals surface area contributed by atoms with Gasteiger partial charge < -0.3 is 0 Å².